The van der Waals surface area contributed by atoms with E-state index in [9.17, 15) is 4.39 Å². The maximum atomic E-state index is 13.5. The minimum atomic E-state index is -0.250. The molecule has 0 bridgehead atoms. The van der Waals surface area contributed by atoms with E-state index in [1.54, 1.807) is 0 Å². The Bertz CT molecular complexity index is 660. The number of hydrogen-bond acceptors (Lipinski definition) is 4. The third-order valence-electron chi connectivity index (χ3n) is 3.65. The Hall–Kier alpha value is -2.17. The highest BCUT2D eigenvalue weighted by Gasteiger charge is 2.28. The summed E-state index contributed by atoms with van der Waals surface area (Å²) in [6.45, 7) is 3.83. The average Bonchev–Trinajstić information content (AvgIpc) is 3.24. The molecule has 3 rings (SSSR count). The van der Waals surface area contributed by atoms with Gasteiger partial charge in [0.25, 0.3) is 0 Å². The van der Waals surface area contributed by atoms with Crippen LogP contribution in [0.1, 0.15) is 35.7 Å². The molecule has 0 atom stereocenters. The van der Waals surface area contributed by atoms with E-state index in [1.807, 2.05) is 27.0 Å². The van der Waals surface area contributed by atoms with Gasteiger partial charge in [-0.2, -0.15) is 0 Å². The van der Waals surface area contributed by atoms with E-state index in [1.165, 1.54) is 12.1 Å². The van der Waals surface area contributed by atoms with Crippen LogP contribution in [0.25, 0.3) is 0 Å². The Kier molecular flexibility index (Phi) is 3.49. The molecule has 1 saturated carbocycles. The molecule has 2 N–H and O–H groups in total. The minimum Gasteiger partial charge on any atom is -0.373 e. The van der Waals surface area contributed by atoms with Crippen molar-refractivity contribution in [3.8, 4) is 0 Å². The summed E-state index contributed by atoms with van der Waals surface area (Å²) in [6, 6.07) is 4.89. The Balaban J connectivity index is 1.98. The van der Waals surface area contributed by atoms with Gasteiger partial charge in [0, 0.05) is 24.2 Å². The summed E-state index contributed by atoms with van der Waals surface area (Å²) in [4.78, 5) is 9.17. The highest BCUT2D eigenvalue weighted by molar-refractivity contribution is 5.65. The van der Waals surface area contributed by atoms with Crippen molar-refractivity contribution in [3.63, 3.8) is 0 Å². The lowest BCUT2D eigenvalue weighted by molar-refractivity contribution is 0.627. The van der Waals surface area contributed by atoms with E-state index < -0.39 is 0 Å². The number of nitrogens with one attached hydrogen (secondary N) is 2. The first-order valence-electron chi connectivity index (χ1n) is 7.17. The molecule has 0 spiro atoms. The number of nitrogens with zero attached hydrogens (tertiary/aromatic N) is 2. The van der Waals surface area contributed by atoms with Crippen LogP contribution >= 0.6 is 0 Å². The number of halogens is 1. The van der Waals surface area contributed by atoms with Gasteiger partial charge in [-0.3, -0.25) is 0 Å². The normalized spacial score (nSPS) is 14.1. The second-order valence-corrected chi connectivity index (χ2v) is 5.57. The molecule has 0 unspecified atom stereocenters. The zero-order chi connectivity index (χ0) is 15.0. The summed E-state index contributed by atoms with van der Waals surface area (Å²) in [5.41, 5.74) is 2.52. The van der Waals surface area contributed by atoms with Crippen LogP contribution < -0.4 is 10.6 Å². The number of hydrogen-bond donors (Lipinski definition) is 2. The standard InChI is InChI=1S/C16H19FN4/c1-9-6-12(17)8-13(7-9)19-15-10(2)14(18-3)20-16(21-15)11-4-5-11/h6-8,11H,4-5H2,1-3H3,(H2,18,19,20,21). The van der Waals surface area contributed by atoms with Crippen molar-refractivity contribution in [1.29, 1.82) is 0 Å². The maximum absolute atomic E-state index is 13.5. The van der Waals surface area contributed by atoms with Crippen molar-refractivity contribution < 1.29 is 4.39 Å². The number of aromatic nitrogens is 2. The molecule has 21 heavy (non-hydrogen) atoms. The zero-order valence-electron chi connectivity index (χ0n) is 12.5. The predicted molar refractivity (Wildman–Crippen MR) is 82.7 cm³/mol. The molecule has 110 valence electrons. The summed E-state index contributed by atoms with van der Waals surface area (Å²) in [5, 5.41) is 6.32. The molecule has 1 aliphatic carbocycles. The smallest absolute Gasteiger partial charge is 0.139 e. The van der Waals surface area contributed by atoms with E-state index in [-0.39, 0.29) is 5.82 Å². The minimum absolute atomic E-state index is 0.250. The largest absolute Gasteiger partial charge is 0.373 e. The highest BCUT2D eigenvalue weighted by atomic mass is 19.1. The Morgan fingerprint density at radius 2 is 1.81 bits per heavy atom. The number of rotatable bonds is 4. The third kappa shape index (κ3) is 2.96. The first-order valence-corrected chi connectivity index (χ1v) is 7.17. The van der Waals surface area contributed by atoms with Gasteiger partial charge in [-0.15, -0.1) is 0 Å². The maximum Gasteiger partial charge on any atom is 0.139 e. The van der Waals surface area contributed by atoms with Crippen molar-refractivity contribution in [2.75, 3.05) is 17.7 Å². The fraction of sp³-hybridized carbons (Fsp3) is 0.375. The van der Waals surface area contributed by atoms with Gasteiger partial charge in [-0.25, -0.2) is 14.4 Å². The van der Waals surface area contributed by atoms with Crippen molar-refractivity contribution in [3.05, 3.63) is 41.0 Å². The number of anilines is 3. The lowest BCUT2D eigenvalue weighted by Crippen LogP contribution is -2.07. The van der Waals surface area contributed by atoms with E-state index in [2.05, 4.69) is 20.6 Å². The molecule has 1 aromatic heterocycles. The molecule has 0 radical (unpaired) electrons. The Morgan fingerprint density at radius 3 is 2.43 bits per heavy atom. The quantitative estimate of drug-likeness (QED) is 0.895. The van der Waals surface area contributed by atoms with Crippen LogP contribution in [0.4, 0.5) is 21.7 Å². The topological polar surface area (TPSA) is 49.8 Å². The summed E-state index contributed by atoms with van der Waals surface area (Å²) < 4.78 is 13.5. The van der Waals surface area contributed by atoms with E-state index in [4.69, 9.17) is 0 Å². The van der Waals surface area contributed by atoms with Gasteiger partial charge in [0.05, 0.1) is 0 Å². The first kappa shape index (κ1) is 13.8. The Labute approximate surface area is 123 Å². The highest BCUT2D eigenvalue weighted by Crippen LogP contribution is 2.39. The van der Waals surface area contributed by atoms with Crippen molar-refractivity contribution in [1.82, 2.24) is 9.97 Å². The lowest BCUT2D eigenvalue weighted by atomic mass is 10.2. The van der Waals surface area contributed by atoms with Crippen LogP contribution in [0, 0.1) is 19.7 Å². The van der Waals surface area contributed by atoms with Gasteiger partial charge in [0.1, 0.15) is 23.3 Å². The molecule has 2 aromatic rings. The molecule has 5 heteroatoms. The van der Waals surface area contributed by atoms with Gasteiger partial charge >= 0.3 is 0 Å². The summed E-state index contributed by atoms with van der Waals surface area (Å²) in [6.07, 6.45) is 2.29. The average molecular weight is 286 g/mol. The van der Waals surface area contributed by atoms with Gasteiger partial charge < -0.3 is 10.6 Å². The molecule has 0 saturated heterocycles. The third-order valence-corrected chi connectivity index (χ3v) is 3.65. The Morgan fingerprint density at radius 1 is 1.10 bits per heavy atom. The summed E-state index contributed by atoms with van der Waals surface area (Å²) in [5.74, 6) is 2.64. The molecule has 1 heterocycles. The number of aryl methyl sites for hydroxylation is 1. The molecule has 0 aliphatic heterocycles. The molecular formula is C16H19FN4. The lowest BCUT2D eigenvalue weighted by Gasteiger charge is -2.14. The van der Waals surface area contributed by atoms with Gasteiger partial charge in [-0.1, -0.05) is 0 Å². The van der Waals surface area contributed by atoms with Crippen LogP contribution in [0.15, 0.2) is 18.2 Å². The van der Waals surface area contributed by atoms with Gasteiger partial charge in [-0.05, 0) is 50.5 Å². The summed E-state index contributed by atoms with van der Waals surface area (Å²) >= 11 is 0. The van der Waals surface area contributed by atoms with Gasteiger partial charge in [0.2, 0.25) is 0 Å². The second-order valence-electron chi connectivity index (χ2n) is 5.57. The molecule has 4 nitrogen and oxygen atoms in total. The SMILES string of the molecule is CNc1nc(C2CC2)nc(Nc2cc(C)cc(F)c2)c1C. The molecule has 1 aromatic carbocycles. The van der Waals surface area contributed by atoms with Gasteiger partial charge in [0.15, 0.2) is 0 Å². The van der Waals surface area contributed by atoms with Crippen molar-refractivity contribution in [2.45, 2.75) is 32.6 Å². The number of benzene rings is 1. The van der Waals surface area contributed by atoms with Crippen LogP contribution in [0.2, 0.25) is 0 Å². The second kappa shape index (κ2) is 5.31. The molecule has 1 fully saturated rings. The monoisotopic (exact) mass is 286 g/mol. The van der Waals surface area contributed by atoms with E-state index in [0.29, 0.717) is 11.6 Å². The van der Waals surface area contributed by atoms with Crippen LogP contribution in [-0.2, 0) is 0 Å². The molecular weight excluding hydrogens is 267 g/mol. The van der Waals surface area contributed by atoms with E-state index >= 15 is 0 Å². The molecule has 0 amide bonds. The van der Waals surface area contributed by atoms with E-state index in [0.717, 1.165) is 41.4 Å². The van der Waals surface area contributed by atoms with Crippen molar-refractivity contribution in [2.24, 2.45) is 0 Å². The first-order chi connectivity index (χ1) is 10.1. The predicted octanol–water partition coefficient (Wildman–Crippen LogP) is 3.90. The van der Waals surface area contributed by atoms with Crippen LogP contribution in [0.5, 0.6) is 0 Å². The molecule has 1 aliphatic rings. The van der Waals surface area contributed by atoms with Crippen LogP contribution in [0.3, 0.4) is 0 Å². The summed E-state index contributed by atoms with van der Waals surface area (Å²) in [7, 11) is 1.85. The fourth-order valence-corrected chi connectivity index (χ4v) is 2.37. The zero-order valence-corrected chi connectivity index (χ0v) is 12.5. The van der Waals surface area contributed by atoms with Crippen LogP contribution in [-0.4, -0.2) is 17.0 Å². The fourth-order valence-electron chi connectivity index (χ4n) is 2.37. The van der Waals surface area contributed by atoms with Crippen molar-refractivity contribution >= 4 is 17.3 Å².